The second-order valence-corrected chi connectivity index (χ2v) is 5.25. The Bertz CT molecular complexity index is 245. The van der Waals surface area contributed by atoms with Gasteiger partial charge in [0.25, 0.3) is 0 Å². The highest BCUT2D eigenvalue weighted by molar-refractivity contribution is 5.78. The molecule has 0 atom stereocenters. The van der Waals surface area contributed by atoms with Crippen molar-refractivity contribution in [2.24, 2.45) is 11.7 Å². The van der Waals surface area contributed by atoms with Gasteiger partial charge in [-0.05, 0) is 39.5 Å². The molecule has 0 bridgehead atoms. The van der Waals surface area contributed by atoms with Crippen molar-refractivity contribution >= 4 is 5.91 Å². The average molecular weight is 228 g/mol. The smallest absolute Gasteiger partial charge is 0.225 e. The van der Waals surface area contributed by atoms with E-state index in [0.717, 1.165) is 12.8 Å². The molecule has 1 aliphatic rings. The summed E-state index contributed by atoms with van der Waals surface area (Å²) in [6, 6.07) is 0.239. The Labute approximate surface area is 97.8 Å². The van der Waals surface area contributed by atoms with E-state index in [1.165, 1.54) is 0 Å². The van der Waals surface area contributed by atoms with Crippen LogP contribution >= 0.6 is 0 Å². The molecule has 1 fully saturated rings. The van der Waals surface area contributed by atoms with Gasteiger partial charge in [-0.25, -0.2) is 0 Å². The molecule has 1 saturated carbocycles. The van der Waals surface area contributed by atoms with Crippen LogP contribution in [0.1, 0.15) is 39.5 Å². The van der Waals surface area contributed by atoms with Gasteiger partial charge in [0.05, 0.1) is 5.60 Å². The van der Waals surface area contributed by atoms with Gasteiger partial charge in [-0.15, -0.1) is 0 Å². The van der Waals surface area contributed by atoms with E-state index in [0.29, 0.717) is 19.4 Å². The van der Waals surface area contributed by atoms with Crippen LogP contribution in [0.5, 0.6) is 0 Å². The summed E-state index contributed by atoms with van der Waals surface area (Å²) >= 11 is 0. The van der Waals surface area contributed by atoms with Gasteiger partial charge < -0.3 is 15.7 Å². The van der Waals surface area contributed by atoms with Crippen molar-refractivity contribution < 1.29 is 9.90 Å². The van der Waals surface area contributed by atoms with Crippen LogP contribution in [0, 0.1) is 5.92 Å². The minimum Gasteiger partial charge on any atom is -0.389 e. The van der Waals surface area contributed by atoms with Crippen molar-refractivity contribution in [3.63, 3.8) is 0 Å². The van der Waals surface area contributed by atoms with Crippen molar-refractivity contribution in [3.8, 4) is 0 Å². The van der Waals surface area contributed by atoms with Gasteiger partial charge in [0.15, 0.2) is 0 Å². The minimum atomic E-state index is -0.729. The van der Waals surface area contributed by atoms with Crippen LogP contribution in [0.15, 0.2) is 0 Å². The summed E-state index contributed by atoms with van der Waals surface area (Å²) < 4.78 is 0. The summed E-state index contributed by atoms with van der Waals surface area (Å²) in [7, 11) is 1.84. The molecule has 1 aliphatic carbocycles. The fourth-order valence-corrected chi connectivity index (χ4v) is 2.15. The van der Waals surface area contributed by atoms with Gasteiger partial charge >= 0.3 is 0 Å². The predicted octanol–water partition coefficient (Wildman–Crippen LogP) is 0.733. The number of hydrogen-bond acceptors (Lipinski definition) is 3. The normalized spacial score (nSPS) is 30.5. The molecule has 1 amide bonds. The second kappa shape index (κ2) is 5.15. The Kier molecular flexibility index (Phi) is 4.33. The summed E-state index contributed by atoms with van der Waals surface area (Å²) in [6.07, 6.45) is 2.80. The molecule has 0 aromatic carbocycles. The standard InChI is InChI=1S/C12H24N2O2/c1-9(2)14(3)11(15)10-4-6-12(16,8-13)7-5-10/h9-10,16H,4-8,13H2,1-3H3. The Balaban J connectivity index is 2.51. The van der Waals surface area contributed by atoms with Crippen molar-refractivity contribution in [3.05, 3.63) is 0 Å². The number of aliphatic hydroxyl groups is 1. The molecule has 0 heterocycles. The maximum Gasteiger partial charge on any atom is 0.225 e. The van der Waals surface area contributed by atoms with Crippen molar-refractivity contribution in [2.45, 2.75) is 51.2 Å². The second-order valence-electron chi connectivity index (χ2n) is 5.25. The predicted molar refractivity (Wildman–Crippen MR) is 63.9 cm³/mol. The van der Waals surface area contributed by atoms with E-state index in [1.807, 2.05) is 20.9 Å². The van der Waals surface area contributed by atoms with E-state index in [2.05, 4.69) is 0 Å². The third-order valence-electron chi connectivity index (χ3n) is 3.77. The first-order valence-electron chi connectivity index (χ1n) is 6.09. The molecule has 94 valence electrons. The zero-order valence-corrected chi connectivity index (χ0v) is 10.6. The molecule has 0 aliphatic heterocycles. The SMILES string of the molecule is CC(C)N(C)C(=O)C1CCC(O)(CN)CC1. The zero-order valence-electron chi connectivity index (χ0n) is 10.6. The minimum absolute atomic E-state index is 0.0687. The molecule has 0 radical (unpaired) electrons. The van der Waals surface area contributed by atoms with Crippen LogP contribution in [0.4, 0.5) is 0 Å². The lowest BCUT2D eigenvalue weighted by atomic mass is 9.78. The van der Waals surface area contributed by atoms with Gasteiger partial charge in [-0.3, -0.25) is 4.79 Å². The molecule has 0 aromatic heterocycles. The topological polar surface area (TPSA) is 66.6 Å². The molecule has 1 rings (SSSR count). The molecule has 4 heteroatoms. The van der Waals surface area contributed by atoms with Crippen molar-refractivity contribution in [1.82, 2.24) is 4.90 Å². The lowest BCUT2D eigenvalue weighted by Gasteiger charge is -2.36. The summed E-state index contributed by atoms with van der Waals surface area (Å²) in [5.41, 5.74) is 4.79. The fraction of sp³-hybridized carbons (Fsp3) is 0.917. The van der Waals surface area contributed by atoms with Gasteiger partial charge in [-0.1, -0.05) is 0 Å². The van der Waals surface area contributed by atoms with Crippen LogP contribution in [-0.4, -0.2) is 41.1 Å². The molecule has 0 aromatic rings. The van der Waals surface area contributed by atoms with E-state index in [-0.39, 0.29) is 17.9 Å². The Morgan fingerprint density at radius 1 is 1.50 bits per heavy atom. The van der Waals surface area contributed by atoms with Crippen LogP contribution in [0.3, 0.4) is 0 Å². The van der Waals surface area contributed by atoms with Crippen LogP contribution < -0.4 is 5.73 Å². The number of carbonyl (C=O) groups is 1. The van der Waals surface area contributed by atoms with Gasteiger partial charge in [0.1, 0.15) is 0 Å². The van der Waals surface area contributed by atoms with Gasteiger partial charge in [0.2, 0.25) is 5.91 Å². The number of carbonyl (C=O) groups excluding carboxylic acids is 1. The summed E-state index contributed by atoms with van der Waals surface area (Å²) in [6.45, 7) is 4.32. The first kappa shape index (κ1) is 13.5. The molecular formula is C12H24N2O2. The van der Waals surface area contributed by atoms with Crippen LogP contribution in [-0.2, 0) is 4.79 Å². The van der Waals surface area contributed by atoms with E-state index >= 15 is 0 Å². The summed E-state index contributed by atoms with van der Waals surface area (Å²) in [5, 5.41) is 9.98. The van der Waals surface area contributed by atoms with E-state index in [4.69, 9.17) is 5.73 Å². The summed E-state index contributed by atoms with van der Waals surface area (Å²) in [4.78, 5) is 13.8. The Morgan fingerprint density at radius 3 is 2.38 bits per heavy atom. The van der Waals surface area contributed by atoms with Gasteiger partial charge in [0, 0.05) is 25.6 Å². The third-order valence-corrected chi connectivity index (χ3v) is 3.77. The van der Waals surface area contributed by atoms with E-state index in [9.17, 15) is 9.90 Å². The molecule has 0 saturated heterocycles. The monoisotopic (exact) mass is 228 g/mol. The number of amides is 1. The van der Waals surface area contributed by atoms with Crippen molar-refractivity contribution in [2.75, 3.05) is 13.6 Å². The first-order chi connectivity index (χ1) is 7.39. The largest absolute Gasteiger partial charge is 0.389 e. The highest BCUT2D eigenvalue weighted by Gasteiger charge is 2.35. The van der Waals surface area contributed by atoms with E-state index < -0.39 is 5.60 Å². The lowest BCUT2D eigenvalue weighted by Crippen LogP contribution is -2.45. The zero-order chi connectivity index (χ0) is 12.3. The highest BCUT2D eigenvalue weighted by atomic mass is 16.3. The Hall–Kier alpha value is -0.610. The number of nitrogens with zero attached hydrogens (tertiary/aromatic N) is 1. The molecule has 3 N–H and O–H groups in total. The van der Waals surface area contributed by atoms with Crippen LogP contribution in [0.25, 0.3) is 0 Å². The highest BCUT2D eigenvalue weighted by Crippen LogP contribution is 2.32. The van der Waals surface area contributed by atoms with Crippen LogP contribution in [0.2, 0.25) is 0 Å². The quantitative estimate of drug-likeness (QED) is 0.748. The molecular weight excluding hydrogens is 204 g/mol. The first-order valence-corrected chi connectivity index (χ1v) is 6.09. The number of hydrogen-bond donors (Lipinski definition) is 2. The molecule has 16 heavy (non-hydrogen) atoms. The number of nitrogens with two attached hydrogens (primary N) is 1. The van der Waals surface area contributed by atoms with Crippen molar-refractivity contribution in [1.29, 1.82) is 0 Å². The molecule has 4 nitrogen and oxygen atoms in total. The third kappa shape index (κ3) is 2.95. The lowest BCUT2D eigenvalue weighted by molar-refractivity contribution is -0.138. The van der Waals surface area contributed by atoms with Gasteiger partial charge in [-0.2, -0.15) is 0 Å². The molecule has 0 unspecified atom stereocenters. The number of rotatable bonds is 3. The average Bonchev–Trinajstić information content (AvgIpc) is 2.28. The molecule has 0 spiro atoms. The van der Waals surface area contributed by atoms with E-state index in [1.54, 1.807) is 4.90 Å². The summed E-state index contributed by atoms with van der Waals surface area (Å²) in [5.74, 6) is 0.272. The fourth-order valence-electron chi connectivity index (χ4n) is 2.15. The maximum atomic E-state index is 12.1. The Morgan fingerprint density at radius 2 is 2.00 bits per heavy atom. The maximum absolute atomic E-state index is 12.1.